The zero-order valence-electron chi connectivity index (χ0n) is 15.0. The van der Waals surface area contributed by atoms with E-state index >= 15 is 0 Å². The molecular weight excluding hydrogens is 367 g/mol. The minimum atomic E-state index is 1.03. The van der Waals surface area contributed by atoms with Gasteiger partial charge in [-0.15, -0.1) is 0 Å². The number of unbranched alkanes of at least 4 members (excludes halogenated alkanes) is 11. The maximum atomic E-state index is 2.56. The summed E-state index contributed by atoms with van der Waals surface area (Å²) in [5, 5.41) is 0. The van der Waals surface area contributed by atoms with Gasteiger partial charge in [-0.1, -0.05) is 133 Å². The lowest BCUT2D eigenvalue weighted by Gasteiger charge is -2.15. The molecule has 128 valence electrons. The van der Waals surface area contributed by atoms with Gasteiger partial charge >= 0.3 is 0 Å². The van der Waals surface area contributed by atoms with Crippen molar-refractivity contribution in [2.45, 2.75) is 117 Å². The van der Waals surface area contributed by atoms with E-state index in [9.17, 15) is 0 Å². The second-order valence-corrected chi connectivity index (χ2v) is 7.89. The van der Waals surface area contributed by atoms with E-state index in [-0.39, 0.29) is 0 Å². The Hall–Kier alpha value is 0.730. The third-order valence-electron chi connectivity index (χ3n) is 4.70. The number of alkyl halides is 1. The molecule has 0 fully saturated rings. The molecule has 0 aliphatic heterocycles. The predicted molar refractivity (Wildman–Crippen MR) is 108 cm³/mol. The van der Waals surface area contributed by atoms with Gasteiger partial charge < -0.3 is 0 Å². The highest BCUT2D eigenvalue weighted by Gasteiger charge is 2.07. The number of rotatable bonds is 17. The van der Waals surface area contributed by atoms with Gasteiger partial charge in [0, 0.05) is 0 Å². The maximum absolute atomic E-state index is 2.56. The molecule has 0 radical (unpaired) electrons. The standard InChI is InChI=1S/C20H41I/c1-3-5-7-8-9-10-11-12-13-15-17-20(18-19-21)16-14-6-4-2/h20H,3-19H2,1-2H3. The summed E-state index contributed by atoms with van der Waals surface area (Å²) in [4.78, 5) is 0. The lowest BCUT2D eigenvalue weighted by Crippen LogP contribution is -2.01. The van der Waals surface area contributed by atoms with Crippen LogP contribution in [0.1, 0.15) is 117 Å². The van der Waals surface area contributed by atoms with Gasteiger partial charge in [0.25, 0.3) is 0 Å². The number of hydrogen-bond acceptors (Lipinski definition) is 0. The zero-order chi connectivity index (χ0) is 15.6. The number of hydrogen-bond donors (Lipinski definition) is 0. The van der Waals surface area contributed by atoms with E-state index in [2.05, 4.69) is 36.4 Å². The van der Waals surface area contributed by atoms with E-state index in [1.807, 2.05) is 0 Å². The van der Waals surface area contributed by atoms with Crippen molar-refractivity contribution in [2.75, 3.05) is 4.43 Å². The molecule has 0 bridgehead atoms. The molecule has 0 N–H and O–H groups in total. The SMILES string of the molecule is CCCCCCCCCCCCC(CCI)CCCCC. The fourth-order valence-corrected chi connectivity index (χ4v) is 4.07. The Morgan fingerprint density at radius 2 is 0.905 bits per heavy atom. The molecule has 1 heteroatoms. The van der Waals surface area contributed by atoms with Crippen LogP contribution in [0, 0.1) is 5.92 Å². The van der Waals surface area contributed by atoms with Gasteiger partial charge in [0.1, 0.15) is 0 Å². The summed E-state index contributed by atoms with van der Waals surface area (Å²) in [7, 11) is 0. The fourth-order valence-electron chi connectivity index (χ4n) is 3.19. The van der Waals surface area contributed by atoms with Gasteiger partial charge in [0.05, 0.1) is 0 Å². The van der Waals surface area contributed by atoms with E-state index in [4.69, 9.17) is 0 Å². The van der Waals surface area contributed by atoms with Gasteiger partial charge in [0.2, 0.25) is 0 Å². The second kappa shape index (κ2) is 18.8. The van der Waals surface area contributed by atoms with Gasteiger partial charge in [0.15, 0.2) is 0 Å². The van der Waals surface area contributed by atoms with Gasteiger partial charge in [-0.05, 0) is 16.8 Å². The Bertz CT molecular complexity index is 179. The highest BCUT2D eigenvalue weighted by Crippen LogP contribution is 2.22. The van der Waals surface area contributed by atoms with E-state index < -0.39 is 0 Å². The quantitative estimate of drug-likeness (QED) is 0.129. The lowest BCUT2D eigenvalue weighted by molar-refractivity contribution is 0.399. The summed E-state index contributed by atoms with van der Waals surface area (Å²) < 4.78 is 1.35. The van der Waals surface area contributed by atoms with Crippen LogP contribution in [0.4, 0.5) is 0 Å². The van der Waals surface area contributed by atoms with Gasteiger partial charge in [-0.3, -0.25) is 0 Å². The van der Waals surface area contributed by atoms with Crippen molar-refractivity contribution >= 4 is 22.6 Å². The topological polar surface area (TPSA) is 0 Å². The second-order valence-electron chi connectivity index (χ2n) is 6.81. The average Bonchev–Trinajstić information content (AvgIpc) is 2.49. The molecule has 0 aromatic heterocycles. The molecule has 0 amide bonds. The zero-order valence-corrected chi connectivity index (χ0v) is 17.1. The molecule has 1 unspecified atom stereocenters. The molecule has 0 saturated carbocycles. The van der Waals surface area contributed by atoms with Crippen LogP contribution in [-0.2, 0) is 0 Å². The minimum absolute atomic E-state index is 1.03. The summed E-state index contributed by atoms with van der Waals surface area (Å²) in [6.45, 7) is 4.61. The Morgan fingerprint density at radius 1 is 0.524 bits per heavy atom. The average molecular weight is 408 g/mol. The highest BCUT2D eigenvalue weighted by atomic mass is 127. The van der Waals surface area contributed by atoms with Crippen molar-refractivity contribution in [2.24, 2.45) is 5.92 Å². The molecule has 0 aromatic rings. The number of halogens is 1. The fraction of sp³-hybridized carbons (Fsp3) is 1.00. The molecule has 21 heavy (non-hydrogen) atoms. The van der Waals surface area contributed by atoms with Crippen molar-refractivity contribution in [3.05, 3.63) is 0 Å². The Kier molecular flexibility index (Phi) is 19.4. The Balaban J connectivity index is 3.32. The van der Waals surface area contributed by atoms with Crippen LogP contribution in [0.2, 0.25) is 0 Å². The molecule has 0 spiro atoms. The van der Waals surface area contributed by atoms with Crippen LogP contribution in [0.5, 0.6) is 0 Å². The first-order chi connectivity index (χ1) is 10.3. The third kappa shape index (κ3) is 16.9. The van der Waals surface area contributed by atoms with Crippen LogP contribution >= 0.6 is 22.6 Å². The van der Waals surface area contributed by atoms with Gasteiger partial charge in [-0.25, -0.2) is 0 Å². The molecule has 1 atom stereocenters. The third-order valence-corrected chi connectivity index (χ3v) is 5.32. The first-order valence-electron chi connectivity index (χ1n) is 9.91. The van der Waals surface area contributed by atoms with Crippen molar-refractivity contribution < 1.29 is 0 Å². The predicted octanol–water partition coefficient (Wildman–Crippen LogP) is 8.32. The summed E-state index contributed by atoms with van der Waals surface area (Å²) in [6.07, 6.45) is 23.4. The molecule has 0 rings (SSSR count). The van der Waals surface area contributed by atoms with Crippen LogP contribution < -0.4 is 0 Å². The summed E-state index contributed by atoms with van der Waals surface area (Å²) in [6, 6.07) is 0. The van der Waals surface area contributed by atoms with Crippen LogP contribution in [0.15, 0.2) is 0 Å². The van der Waals surface area contributed by atoms with Crippen LogP contribution in [0.3, 0.4) is 0 Å². The normalized spacial score (nSPS) is 12.7. The van der Waals surface area contributed by atoms with E-state index in [0.717, 1.165) is 5.92 Å². The van der Waals surface area contributed by atoms with Crippen LogP contribution in [-0.4, -0.2) is 4.43 Å². The summed E-state index contributed by atoms with van der Waals surface area (Å²) in [5.74, 6) is 1.03. The maximum Gasteiger partial charge on any atom is -0.000209 e. The van der Waals surface area contributed by atoms with Gasteiger partial charge in [-0.2, -0.15) is 0 Å². The minimum Gasteiger partial charge on any atom is -0.0864 e. The lowest BCUT2D eigenvalue weighted by atomic mass is 9.92. The van der Waals surface area contributed by atoms with Crippen molar-refractivity contribution in [1.29, 1.82) is 0 Å². The van der Waals surface area contributed by atoms with E-state index in [1.54, 1.807) is 0 Å². The Morgan fingerprint density at radius 3 is 1.38 bits per heavy atom. The molecule has 0 aliphatic rings. The molecule has 0 heterocycles. The first kappa shape index (κ1) is 21.7. The highest BCUT2D eigenvalue weighted by molar-refractivity contribution is 14.1. The molecule has 0 aliphatic carbocycles. The summed E-state index contributed by atoms with van der Waals surface area (Å²) in [5.41, 5.74) is 0. The van der Waals surface area contributed by atoms with Crippen molar-refractivity contribution in [3.8, 4) is 0 Å². The van der Waals surface area contributed by atoms with E-state index in [1.165, 1.54) is 107 Å². The molecule has 0 saturated heterocycles. The molecule has 0 aromatic carbocycles. The van der Waals surface area contributed by atoms with E-state index in [0.29, 0.717) is 0 Å². The van der Waals surface area contributed by atoms with Crippen molar-refractivity contribution in [3.63, 3.8) is 0 Å². The van der Waals surface area contributed by atoms with Crippen molar-refractivity contribution in [1.82, 2.24) is 0 Å². The summed E-state index contributed by atoms with van der Waals surface area (Å²) >= 11 is 2.56. The monoisotopic (exact) mass is 408 g/mol. The Labute approximate surface area is 149 Å². The largest absolute Gasteiger partial charge is 0.0864 e. The smallest absolute Gasteiger partial charge is 0.000209 e. The first-order valence-corrected chi connectivity index (χ1v) is 11.4. The molecular formula is C20H41I. The van der Waals surface area contributed by atoms with Crippen LogP contribution in [0.25, 0.3) is 0 Å². The molecule has 0 nitrogen and oxygen atoms in total.